The van der Waals surface area contributed by atoms with Gasteiger partial charge < -0.3 is 14.8 Å². The number of nitrogens with zero attached hydrogens (tertiary/aromatic N) is 2. The summed E-state index contributed by atoms with van der Waals surface area (Å²) in [6.07, 6.45) is -2.36. The largest absolute Gasteiger partial charge is 0.573 e. The molecule has 0 unspecified atom stereocenters. The Labute approximate surface area is 151 Å². The van der Waals surface area contributed by atoms with Crippen LogP contribution in [0.2, 0.25) is 0 Å². The summed E-state index contributed by atoms with van der Waals surface area (Å²) in [7, 11) is 0. The van der Waals surface area contributed by atoms with Crippen LogP contribution in [0, 0.1) is 0 Å². The van der Waals surface area contributed by atoms with Gasteiger partial charge in [-0.2, -0.15) is 0 Å². The Morgan fingerprint density at radius 1 is 0.926 bits per heavy atom. The highest BCUT2D eigenvalue weighted by Crippen LogP contribution is 2.27. The number of hydrogen-bond donors (Lipinski definition) is 1. The first-order chi connectivity index (χ1) is 12.9. The minimum atomic E-state index is -4.91. The van der Waals surface area contributed by atoms with Crippen molar-refractivity contribution in [3.63, 3.8) is 0 Å². The fraction of sp³-hybridized carbons (Fsp3) is 0.0556. The molecule has 0 radical (unpaired) electrons. The molecule has 0 bridgehead atoms. The van der Waals surface area contributed by atoms with Crippen LogP contribution in [0.3, 0.4) is 0 Å². The van der Waals surface area contributed by atoms with E-state index < -0.39 is 18.0 Å². The third-order valence-electron chi connectivity index (χ3n) is 3.20. The van der Waals surface area contributed by atoms with Gasteiger partial charge in [-0.05, 0) is 24.3 Å². The van der Waals surface area contributed by atoms with Gasteiger partial charge in [0, 0.05) is 0 Å². The van der Waals surface area contributed by atoms with Crippen LogP contribution in [0.25, 0.3) is 0 Å². The summed E-state index contributed by atoms with van der Waals surface area (Å²) in [5.41, 5.74) is -0.0957. The van der Waals surface area contributed by atoms with E-state index in [0.717, 1.165) is 6.07 Å². The summed E-state index contributed by atoms with van der Waals surface area (Å²) in [6, 6.07) is 13.9. The van der Waals surface area contributed by atoms with Crippen LogP contribution < -0.4 is 14.8 Å². The number of hydrogen-bond acceptors (Lipinski definition) is 5. The minimum Gasteiger partial charge on any atom is -0.424 e. The van der Waals surface area contributed by atoms with Crippen molar-refractivity contribution in [1.82, 2.24) is 9.97 Å². The van der Waals surface area contributed by atoms with Crippen molar-refractivity contribution in [2.24, 2.45) is 0 Å². The standard InChI is InChI=1S/C18H12F3N3O3/c19-18(20,21)27-15-9-5-4-8-14(15)16(25)24-12-10-22-17(23-11-12)26-13-6-2-1-3-7-13/h1-11H,(H,24,25). The monoisotopic (exact) mass is 375 g/mol. The quantitative estimate of drug-likeness (QED) is 0.715. The molecular formula is C18H12F3N3O3. The van der Waals surface area contributed by atoms with Gasteiger partial charge in [-0.25, -0.2) is 9.97 Å². The van der Waals surface area contributed by atoms with Gasteiger partial charge in [0.2, 0.25) is 0 Å². The zero-order valence-electron chi connectivity index (χ0n) is 13.6. The topological polar surface area (TPSA) is 73.3 Å². The number of benzene rings is 2. The van der Waals surface area contributed by atoms with E-state index in [0.29, 0.717) is 5.75 Å². The Kier molecular flexibility index (Phi) is 5.20. The average molecular weight is 375 g/mol. The number of rotatable bonds is 5. The molecule has 1 heterocycles. The molecule has 0 atom stereocenters. The molecule has 1 amide bonds. The maximum Gasteiger partial charge on any atom is 0.573 e. The lowest BCUT2D eigenvalue weighted by molar-refractivity contribution is -0.274. The van der Waals surface area contributed by atoms with Gasteiger partial charge in [0.1, 0.15) is 11.5 Å². The van der Waals surface area contributed by atoms with Crippen molar-refractivity contribution >= 4 is 11.6 Å². The van der Waals surface area contributed by atoms with Crippen molar-refractivity contribution in [2.45, 2.75) is 6.36 Å². The summed E-state index contributed by atoms with van der Waals surface area (Å²) in [5, 5.41) is 2.41. The smallest absolute Gasteiger partial charge is 0.424 e. The van der Waals surface area contributed by atoms with Crippen molar-refractivity contribution < 1.29 is 27.4 Å². The first-order valence-corrected chi connectivity index (χ1v) is 7.62. The second kappa shape index (κ2) is 7.73. The van der Waals surface area contributed by atoms with Crippen LogP contribution >= 0.6 is 0 Å². The summed E-state index contributed by atoms with van der Waals surface area (Å²) >= 11 is 0. The van der Waals surface area contributed by atoms with E-state index in [4.69, 9.17) is 4.74 Å². The number of carbonyl (C=O) groups is 1. The van der Waals surface area contributed by atoms with E-state index in [1.807, 2.05) is 6.07 Å². The average Bonchev–Trinajstić information content (AvgIpc) is 2.63. The number of ether oxygens (including phenoxy) is 2. The van der Waals surface area contributed by atoms with Gasteiger partial charge in [0.25, 0.3) is 5.91 Å². The fourth-order valence-electron chi connectivity index (χ4n) is 2.09. The number of alkyl halides is 3. The second-order valence-electron chi connectivity index (χ2n) is 5.17. The highest BCUT2D eigenvalue weighted by atomic mass is 19.4. The molecule has 0 aliphatic rings. The summed E-state index contributed by atoms with van der Waals surface area (Å²) in [5.74, 6) is -0.866. The Balaban J connectivity index is 1.70. The molecule has 0 saturated carbocycles. The van der Waals surface area contributed by atoms with E-state index in [1.165, 1.54) is 30.6 Å². The molecule has 0 saturated heterocycles. The van der Waals surface area contributed by atoms with Crippen molar-refractivity contribution in [2.75, 3.05) is 5.32 Å². The van der Waals surface area contributed by atoms with Crippen LogP contribution in [0.5, 0.6) is 17.5 Å². The van der Waals surface area contributed by atoms with Gasteiger partial charge in [0.15, 0.2) is 0 Å². The Morgan fingerprint density at radius 2 is 1.56 bits per heavy atom. The third kappa shape index (κ3) is 5.18. The van der Waals surface area contributed by atoms with Crippen LogP contribution in [0.4, 0.5) is 18.9 Å². The predicted octanol–water partition coefficient (Wildman–Crippen LogP) is 4.42. The molecule has 3 rings (SSSR count). The number of anilines is 1. The van der Waals surface area contributed by atoms with Crippen LogP contribution in [-0.2, 0) is 0 Å². The Morgan fingerprint density at radius 3 is 2.22 bits per heavy atom. The predicted molar refractivity (Wildman–Crippen MR) is 89.6 cm³/mol. The van der Waals surface area contributed by atoms with Crippen molar-refractivity contribution in [1.29, 1.82) is 0 Å². The molecule has 0 fully saturated rings. The number of aromatic nitrogens is 2. The van der Waals surface area contributed by atoms with Crippen LogP contribution in [-0.4, -0.2) is 22.2 Å². The minimum absolute atomic E-state index is 0.0556. The van der Waals surface area contributed by atoms with E-state index >= 15 is 0 Å². The molecule has 2 aromatic carbocycles. The summed E-state index contributed by atoms with van der Waals surface area (Å²) in [4.78, 5) is 20.1. The molecule has 0 aliphatic carbocycles. The maximum atomic E-state index is 12.4. The first-order valence-electron chi connectivity index (χ1n) is 7.62. The second-order valence-corrected chi connectivity index (χ2v) is 5.17. The lowest BCUT2D eigenvalue weighted by Gasteiger charge is -2.13. The maximum absolute atomic E-state index is 12.4. The molecular weight excluding hydrogens is 363 g/mol. The van der Waals surface area contributed by atoms with Crippen molar-refractivity contribution in [3.8, 4) is 17.5 Å². The van der Waals surface area contributed by atoms with Gasteiger partial charge in [-0.1, -0.05) is 30.3 Å². The Hall–Kier alpha value is -3.62. The number of nitrogens with one attached hydrogen (secondary N) is 1. The van der Waals surface area contributed by atoms with Gasteiger partial charge in [0.05, 0.1) is 23.6 Å². The SMILES string of the molecule is O=C(Nc1cnc(Oc2ccccc2)nc1)c1ccccc1OC(F)(F)F. The molecule has 1 N–H and O–H groups in total. The molecule has 0 aliphatic heterocycles. The highest BCUT2D eigenvalue weighted by molar-refractivity contribution is 6.06. The molecule has 1 aromatic heterocycles. The van der Waals surface area contributed by atoms with E-state index in [1.54, 1.807) is 24.3 Å². The van der Waals surface area contributed by atoms with Crippen LogP contribution in [0.15, 0.2) is 67.0 Å². The Bertz CT molecular complexity index is 916. The number of para-hydroxylation sites is 2. The summed E-state index contributed by atoms with van der Waals surface area (Å²) < 4.78 is 46.6. The first kappa shape index (κ1) is 18.2. The third-order valence-corrected chi connectivity index (χ3v) is 3.20. The van der Waals surface area contributed by atoms with Gasteiger partial charge in [-0.3, -0.25) is 4.79 Å². The van der Waals surface area contributed by atoms with E-state index in [-0.39, 0.29) is 17.3 Å². The van der Waals surface area contributed by atoms with E-state index in [2.05, 4.69) is 20.0 Å². The molecule has 3 aromatic rings. The lowest BCUT2D eigenvalue weighted by Crippen LogP contribution is -2.21. The zero-order valence-corrected chi connectivity index (χ0v) is 13.6. The highest BCUT2D eigenvalue weighted by Gasteiger charge is 2.32. The summed E-state index contributed by atoms with van der Waals surface area (Å²) in [6.45, 7) is 0. The van der Waals surface area contributed by atoms with Gasteiger partial charge >= 0.3 is 12.4 Å². The van der Waals surface area contributed by atoms with Crippen LogP contribution in [0.1, 0.15) is 10.4 Å². The molecule has 6 nitrogen and oxygen atoms in total. The van der Waals surface area contributed by atoms with Gasteiger partial charge in [-0.15, -0.1) is 13.2 Å². The molecule has 9 heteroatoms. The number of carbonyl (C=O) groups excluding carboxylic acids is 1. The molecule has 138 valence electrons. The molecule has 0 spiro atoms. The zero-order chi connectivity index (χ0) is 19.3. The van der Waals surface area contributed by atoms with E-state index in [9.17, 15) is 18.0 Å². The number of amides is 1. The molecule has 27 heavy (non-hydrogen) atoms. The normalized spacial score (nSPS) is 10.9. The fourth-order valence-corrected chi connectivity index (χ4v) is 2.09. The van der Waals surface area contributed by atoms with Crippen molar-refractivity contribution in [3.05, 3.63) is 72.6 Å². The lowest BCUT2D eigenvalue weighted by atomic mass is 10.2. The number of halogens is 3.